The molecule has 1 saturated heterocycles. The topological polar surface area (TPSA) is 90.2 Å². The standard InChI is InChI=1S/C17H34O5/c1-3-4-5-6-7-8-9-10-11-12-17(21)16(20)15(19)14(18)13(2)22-17/h13-16,18-21H,3-12H2,1-2H3/t13-,14-,15+,16+,17?/m1/s1. The van der Waals surface area contributed by atoms with Crippen molar-refractivity contribution in [2.24, 2.45) is 0 Å². The van der Waals surface area contributed by atoms with E-state index >= 15 is 0 Å². The van der Waals surface area contributed by atoms with Gasteiger partial charge in [0.15, 0.2) is 5.79 Å². The van der Waals surface area contributed by atoms with Gasteiger partial charge in [-0.15, -0.1) is 0 Å². The van der Waals surface area contributed by atoms with Gasteiger partial charge in [0.05, 0.1) is 6.10 Å². The van der Waals surface area contributed by atoms with E-state index in [0.717, 1.165) is 19.3 Å². The molecular weight excluding hydrogens is 284 g/mol. The Morgan fingerprint density at radius 2 is 1.32 bits per heavy atom. The molecule has 5 heteroatoms. The zero-order chi connectivity index (χ0) is 16.6. The Hall–Kier alpha value is -0.200. The van der Waals surface area contributed by atoms with Gasteiger partial charge in [-0.1, -0.05) is 58.3 Å². The Balaban J connectivity index is 2.18. The Labute approximate surface area is 134 Å². The third kappa shape index (κ3) is 5.78. The van der Waals surface area contributed by atoms with Crippen LogP contribution in [0.2, 0.25) is 0 Å². The van der Waals surface area contributed by atoms with Gasteiger partial charge in [-0.2, -0.15) is 0 Å². The van der Waals surface area contributed by atoms with E-state index in [9.17, 15) is 20.4 Å². The Morgan fingerprint density at radius 1 is 0.818 bits per heavy atom. The van der Waals surface area contributed by atoms with E-state index in [1.165, 1.54) is 38.5 Å². The molecule has 0 radical (unpaired) electrons. The van der Waals surface area contributed by atoms with E-state index < -0.39 is 30.2 Å². The summed E-state index contributed by atoms with van der Waals surface area (Å²) in [5, 5.41) is 39.7. The maximum atomic E-state index is 10.4. The second-order valence-electron chi connectivity index (χ2n) is 6.67. The highest BCUT2D eigenvalue weighted by atomic mass is 16.7. The first-order chi connectivity index (χ1) is 10.4. The lowest BCUT2D eigenvalue weighted by Crippen LogP contribution is -2.63. The molecule has 0 aromatic carbocycles. The largest absolute Gasteiger partial charge is 0.388 e. The number of ether oxygens (including phenoxy) is 1. The van der Waals surface area contributed by atoms with Crippen LogP contribution < -0.4 is 0 Å². The Kier molecular flexibility index (Phi) is 8.87. The molecule has 0 aromatic heterocycles. The molecule has 0 aromatic rings. The van der Waals surface area contributed by atoms with E-state index in [0.29, 0.717) is 0 Å². The van der Waals surface area contributed by atoms with Crippen molar-refractivity contribution < 1.29 is 25.2 Å². The first-order valence-corrected chi connectivity index (χ1v) is 8.86. The van der Waals surface area contributed by atoms with Crippen molar-refractivity contribution in [3.8, 4) is 0 Å². The summed E-state index contributed by atoms with van der Waals surface area (Å²) in [4.78, 5) is 0. The van der Waals surface area contributed by atoms with Crippen molar-refractivity contribution in [2.75, 3.05) is 0 Å². The van der Waals surface area contributed by atoms with Gasteiger partial charge < -0.3 is 25.2 Å². The van der Waals surface area contributed by atoms with Crippen LogP contribution in [0.3, 0.4) is 0 Å². The number of aliphatic hydroxyl groups excluding tert-OH is 3. The van der Waals surface area contributed by atoms with Crippen LogP contribution in [0.4, 0.5) is 0 Å². The lowest BCUT2D eigenvalue weighted by atomic mass is 9.89. The van der Waals surface area contributed by atoms with E-state index in [4.69, 9.17) is 4.74 Å². The number of hydrogen-bond acceptors (Lipinski definition) is 5. The van der Waals surface area contributed by atoms with Crippen molar-refractivity contribution in [1.29, 1.82) is 0 Å². The van der Waals surface area contributed by atoms with Gasteiger partial charge in [-0.05, 0) is 13.3 Å². The predicted molar refractivity (Wildman–Crippen MR) is 85.4 cm³/mol. The molecule has 1 unspecified atom stereocenters. The van der Waals surface area contributed by atoms with Crippen LogP contribution in [0.5, 0.6) is 0 Å². The molecule has 0 spiro atoms. The van der Waals surface area contributed by atoms with Crippen molar-refractivity contribution in [3.63, 3.8) is 0 Å². The fourth-order valence-electron chi connectivity index (χ4n) is 3.09. The molecule has 22 heavy (non-hydrogen) atoms. The predicted octanol–water partition coefficient (Wildman–Crippen LogP) is 2.10. The van der Waals surface area contributed by atoms with Gasteiger partial charge in [0.2, 0.25) is 0 Å². The fraction of sp³-hybridized carbons (Fsp3) is 1.00. The smallest absolute Gasteiger partial charge is 0.195 e. The summed E-state index contributed by atoms with van der Waals surface area (Å²) < 4.78 is 5.34. The molecule has 5 atom stereocenters. The molecule has 1 aliphatic heterocycles. The highest BCUT2D eigenvalue weighted by Crippen LogP contribution is 2.32. The minimum atomic E-state index is -1.75. The van der Waals surface area contributed by atoms with Crippen LogP contribution in [0, 0.1) is 0 Å². The average molecular weight is 318 g/mol. The summed E-state index contributed by atoms with van der Waals surface area (Å²) in [5.74, 6) is -1.75. The summed E-state index contributed by atoms with van der Waals surface area (Å²) in [5.41, 5.74) is 0. The quantitative estimate of drug-likeness (QED) is 0.463. The molecule has 0 bridgehead atoms. The zero-order valence-electron chi connectivity index (χ0n) is 14.1. The monoisotopic (exact) mass is 318 g/mol. The molecule has 132 valence electrons. The van der Waals surface area contributed by atoms with E-state index in [1.54, 1.807) is 6.92 Å². The van der Waals surface area contributed by atoms with Crippen LogP contribution in [-0.2, 0) is 4.74 Å². The summed E-state index contributed by atoms with van der Waals surface area (Å²) in [6, 6.07) is 0. The maximum absolute atomic E-state index is 10.4. The Morgan fingerprint density at radius 3 is 1.86 bits per heavy atom. The van der Waals surface area contributed by atoms with Crippen LogP contribution >= 0.6 is 0 Å². The summed E-state index contributed by atoms with van der Waals surface area (Å²) >= 11 is 0. The minimum Gasteiger partial charge on any atom is -0.388 e. The Bertz CT molecular complexity index is 299. The molecular formula is C17H34O5. The number of hydrogen-bond donors (Lipinski definition) is 4. The van der Waals surface area contributed by atoms with E-state index in [-0.39, 0.29) is 6.42 Å². The van der Waals surface area contributed by atoms with Gasteiger partial charge in [0, 0.05) is 6.42 Å². The summed E-state index contributed by atoms with van der Waals surface area (Å²) in [6.07, 6.45) is 6.04. The second kappa shape index (κ2) is 9.83. The molecule has 5 nitrogen and oxygen atoms in total. The van der Waals surface area contributed by atoms with Gasteiger partial charge in [-0.25, -0.2) is 0 Å². The van der Waals surface area contributed by atoms with Gasteiger partial charge in [0.25, 0.3) is 0 Å². The third-order valence-corrected chi connectivity index (χ3v) is 4.65. The van der Waals surface area contributed by atoms with Gasteiger partial charge in [0.1, 0.15) is 18.3 Å². The summed E-state index contributed by atoms with van der Waals surface area (Å²) in [6.45, 7) is 3.80. The van der Waals surface area contributed by atoms with Crippen molar-refractivity contribution in [2.45, 2.75) is 108 Å². The van der Waals surface area contributed by atoms with Crippen LogP contribution in [0.1, 0.15) is 78.1 Å². The molecule has 1 fully saturated rings. The number of aliphatic hydroxyl groups is 4. The maximum Gasteiger partial charge on any atom is 0.195 e. The van der Waals surface area contributed by atoms with Crippen molar-refractivity contribution in [1.82, 2.24) is 0 Å². The van der Waals surface area contributed by atoms with Gasteiger partial charge in [-0.3, -0.25) is 0 Å². The lowest BCUT2D eigenvalue weighted by molar-refractivity contribution is -0.345. The summed E-state index contributed by atoms with van der Waals surface area (Å²) in [7, 11) is 0. The van der Waals surface area contributed by atoms with Crippen LogP contribution in [0.15, 0.2) is 0 Å². The van der Waals surface area contributed by atoms with Crippen LogP contribution in [0.25, 0.3) is 0 Å². The highest BCUT2D eigenvalue weighted by Gasteiger charge is 2.50. The third-order valence-electron chi connectivity index (χ3n) is 4.65. The highest BCUT2D eigenvalue weighted by molar-refractivity contribution is 4.94. The fourth-order valence-corrected chi connectivity index (χ4v) is 3.09. The zero-order valence-corrected chi connectivity index (χ0v) is 14.1. The molecule has 1 rings (SSSR count). The lowest BCUT2D eigenvalue weighted by Gasteiger charge is -2.45. The molecule has 0 aliphatic carbocycles. The SMILES string of the molecule is CCCCCCCCCCCC1(O)O[C@H](C)[C@@H](O)[C@H](O)[C@@H]1O. The first kappa shape index (κ1) is 19.8. The minimum absolute atomic E-state index is 0.276. The van der Waals surface area contributed by atoms with E-state index in [1.807, 2.05) is 0 Å². The van der Waals surface area contributed by atoms with Gasteiger partial charge >= 0.3 is 0 Å². The van der Waals surface area contributed by atoms with Crippen molar-refractivity contribution >= 4 is 0 Å². The van der Waals surface area contributed by atoms with Crippen LogP contribution in [-0.4, -0.2) is 50.6 Å². The number of unbranched alkanes of at least 4 members (excludes halogenated alkanes) is 8. The molecule has 0 saturated carbocycles. The van der Waals surface area contributed by atoms with E-state index in [2.05, 4.69) is 6.92 Å². The average Bonchev–Trinajstić information content (AvgIpc) is 2.49. The normalized spacial score (nSPS) is 35.7. The molecule has 4 N–H and O–H groups in total. The molecule has 1 aliphatic rings. The molecule has 1 heterocycles. The first-order valence-electron chi connectivity index (χ1n) is 8.86. The molecule has 0 amide bonds. The van der Waals surface area contributed by atoms with Crippen molar-refractivity contribution in [3.05, 3.63) is 0 Å². The second-order valence-corrected chi connectivity index (χ2v) is 6.67. The number of rotatable bonds is 10.